The molecular weight excluding hydrogens is 244 g/mol. The summed E-state index contributed by atoms with van der Waals surface area (Å²) in [5, 5.41) is 2.79. The van der Waals surface area contributed by atoms with Crippen molar-refractivity contribution in [2.45, 2.75) is 26.2 Å². The average Bonchev–Trinajstić information content (AvgIpc) is 2.40. The number of hydrogen-bond acceptors (Lipinski definition) is 4. The number of anilines is 1. The monoisotopic (exact) mass is 266 g/mol. The number of rotatable bonds is 8. The highest BCUT2D eigenvalue weighted by atomic mass is 16.5. The predicted octanol–water partition coefficient (Wildman–Crippen LogP) is 2.16. The van der Waals surface area contributed by atoms with E-state index in [-0.39, 0.29) is 12.3 Å². The van der Waals surface area contributed by atoms with E-state index in [1.165, 1.54) is 0 Å². The van der Waals surface area contributed by atoms with Gasteiger partial charge in [-0.15, -0.1) is 0 Å². The summed E-state index contributed by atoms with van der Waals surface area (Å²) in [6.45, 7) is 3.05. The number of methoxy groups -OCH3 is 1. The standard InChI is InChI=1S/C14H22N2O3/c1-3-4-9-19-13-6-5-11(18-2)10-12(13)16-14(17)7-8-15/h5-6,10H,3-4,7-9,15H2,1-2H3,(H,16,17). The van der Waals surface area contributed by atoms with Crippen LogP contribution in [0.1, 0.15) is 26.2 Å². The molecule has 0 aliphatic heterocycles. The lowest BCUT2D eigenvalue weighted by atomic mass is 10.2. The van der Waals surface area contributed by atoms with Crippen LogP contribution < -0.4 is 20.5 Å². The Morgan fingerprint density at radius 1 is 1.42 bits per heavy atom. The second kappa shape index (κ2) is 8.37. The highest BCUT2D eigenvalue weighted by Gasteiger charge is 2.09. The Kier molecular flexibility index (Phi) is 6.74. The van der Waals surface area contributed by atoms with Crippen LogP contribution in [0.25, 0.3) is 0 Å². The zero-order valence-electron chi connectivity index (χ0n) is 11.6. The number of ether oxygens (including phenoxy) is 2. The Labute approximate surface area is 114 Å². The molecule has 106 valence electrons. The third-order valence-corrected chi connectivity index (χ3v) is 2.59. The van der Waals surface area contributed by atoms with E-state index in [9.17, 15) is 4.79 Å². The van der Waals surface area contributed by atoms with Crippen LogP contribution in [0.15, 0.2) is 18.2 Å². The first-order valence-electron chi connectivity index (χ1n) is 6.52. The topological polar surface area (TPSA) is 73.6 Å². The summed E-state index contributed by atoms with van der Waals surface area (Å²) in [6.07, 6.45) is 2.32. The number of benzene rings is 1. The number of unbranched alkanes of at least 4 members (excludes halogenated alkanes) is 1. The Hall–Kier alpha value is -1.75. The Morgan fingerprint density at radius 2 is 2.21 bits per heavy atom. The lowest BCUT2D eigenvalue weighted by Crippen LogP contribution is -2.17. The first kappa shape index (κ1) is 15.3. The zero-order chi connectivity index (χ0) is 14.1. The molecule has 0 aromatic heterocycles. The van der Waals surface area contributed by atoms with E-state index in [4.69, 9.17) is 15.2 Å². The molecule has 0 bridgehead atoms. The van der Waals surface area contributed by atoms with Crippen molar-refractivity contribution < 1.29 is 14.3 Å². The average molecular weight is 266 g/mol. The zero-order valence-corrected chi connectivity index (χ0v) is 11.6. The fourth-order valence-corrected chi connectivity index (χ4v) is 1.53. The molecule has 0 saturated carbocycles. The third-order valence-electron chi connectivity index (χ3n) is 2.59. The number of carbonyl (C=O) groups is 1. The van der Waals surface area contributed by atoms with Crippen molar-refractivity contribution in [3.63, 3.8) is 0 Å². The molecule has 0 aliphatic carbocycles. The summed E-state index contributed by atoms with van der Waals surface area (Å²) in [7, 11) is 1.58. The highest BCUT2D eigenvalue weighted by Crippen LogP contribution is 2.29. The van der Waals surface area contributed by atoms with E-state index < -0.39 is 0 Å². The van der Waals surface area contributed by atoms with Crippen LogP contribution in [0.3, 0.4) is 0 Å². The normalized spacial score (nSPS) is 10.1. The van der Waals surface area contributed by atoms with Gasteiger partial charge in [0.15, 0.2) is 0 Å². The molecular formula is C14H22N2O3. The van der Waals surface area contributed by atoms with Gasteiger partial charge in [-0.3, -0.25) is 4.79 Å². The summed E-state index contributed by atoms with van der Waals surface area (Å²) >= 11 is 0. The van der Waals surface area contributed by atoms with Crippen LogP contribution in [-0.2, 0) is 4.79 Å². The molecule has 0 radical (unpaired) electrons. The molecule has 5 nitrogen and oxygen atoms in total. The molecule has 1 amide bonds. The molecule has 0 spiro atoms. The number of hydrogen-bond donors (Lipinski definition) is 2. The van der Waals surface area contributed by atoms with Crippen LogP contribution in [-0.4, -0.2) is 26.2 Å². The van der Waals surface area contributed by atoms with Crippen LogP contribution in [0.4, 0.5) is 5.69 Å². The van der Waals surface area contributed by atoms with Gasteiger partial charge in [0.25, 0.3) is 0 Å². The maximum absolute atomic E-state index is 11.6. The van der Waals surface area contributed by atoms with E-state index in [0.717, 1.165) is 12.8 Å². The first-order chi connectivity index (χ1) is 9.21. The molecule has 5 heteroatoms. The summed E-state index contributed by atoms with van der Waals surface area (Å²) in [5.74, 6) is 1.20. The number of nitrogens with two attached hydrogens (primary N) is 1. The highest BCUT2D eigenvalue weighted by molar-refractivity contribution is 5.92. The van der Waals surface area contributed by atoms with Gasteiger partial charge < -0.3 is 20.5 Å². The summed E-state index contributed by atoms with van der Waals surface area (Å²) in [6, 6.07) is 5.35. The molecule has 3 N–H and O–H groups in total. The lowest BCUT2D eigenvalue weighted by Gasteiger charge is -2.13. The number of nitrogens with one attached hydrogen (secondary N) is 1. The van der Waals surface area contributed by atoms with E-state index in [1.807, 2.05) is 0 Å². The van der Waals surface area contributed by atoms with Crippen molar-refractivity contribution in [1.29, 1.82) is 0 Å². The van der Waals surface area contributed by atoms with Crippen molar-refractivity contribution in [3.05, 3.63) is 18.2 Å². The second-order valence-corrected chi connectivity index (χ2v) is 4.15. The van der Waals surface area contributed by atoms with Gasteiger partial charge >= 0.3 is 0 Å². The van der Waals surface area contributed by atoms with Gasteiger partial charge in [-0.25, -0.2) is 0 Å². The lowest BCUT2D eigenvalue weighted by molar-refractivity contribution is -0.116. The van der Waals surface area contributed by atoms with E-state index in [1.54, 1.807) is 25.3 Å². The SMILES string of the molecule is CCCCOc1ccc(OC)cc1NC(=O)CCN. The van der Waals surface area contributed by atoms with E-state index in [0.29, 0.717) is 30.3 Å². The van der Waals surface area contributed by atoms with Crippen LogP contribution in [0.2, 0.25) is 0 Å². The van der Waals surface area contributed by atoms with Crippen molar-refractivity contribution in [2.24, 2.45) is 5.73 Å². The summed E-state index contributed by atoms with van der Waals surface area (Å²) in [4.78, 5) is 11.6. The Morgan fingerprint density at radius 3 is 2.84 bits per heavy atom. The van der Waals surface area contributed by atoms with Crippen molar-refractivity contribution in [3.8, 4) is 11.5 Å². The summed E-state index contributed by atoms with van der Waals surface area (Å²) < 4.78 is 10.8. The molecule has 0 fully saturated rings. The van der Waals surface area contributed by atoms with Crippen molar-refractivity contribution >= 4 is 11.6 Å². The van der Waals surface area contributed by atoms with Crippen molar-refractivity contribution in [2.75, 3.05) is 25.6 Å². The van der Waals surface area contributed by atoms with Crippen LogP contribution in [0.5, 0.6) is 11.5 Å². The number of amides is 1. The third kappa shape index (κ3) is 5.18. The minimum absolute atomic E-state index is 0.129. The Balaban J connectivity index is 2.79. The van der Waals surface area contributed by atoms with E-state index in [2.05, 4.69) is 12.2 Å². The molecule has 0 aliphatic rings. The van der Waals surface area contributed by atoms with Gasteiger partial charge in [-0.1, -0.05) is 13.3 Å². The maximum atomic E-state index is 11.6. The quantitative estimate of drug-likeness (QED) is 0.707. The molecule has 1 aromatic rings. The minimum atomic E-state index is -0.129. The smallest absolute Gasteiger partial charge is 0.225 e. The molecule has 1 aromatic carbocycles. The summed E-state index contributed by atoms with van der Waals surface area (Å²) in [5.41, 5.74) is 5.98. The van der Waals surface area contributed by atoms with Crippen molar-refractivity contribution in [1.82, 2.24) is 0 Å². The van der Waals surface area contributed by atoms with Gasteiger partial charge in [0.2, 0.25) is 5.91 Å². The predicted molar refractivity (Wildman–Crippen MR) is 75.7 cm³/mol. The first-order valence-corrected chi connectivity index (χ1v) is 6.52. The molecule has 0 heterocycles. The molecule has 0 unspecified atom stereocenters. The molecule has 1 rings (SSSR count). The fraction of sp³-hybridized carbons (Fsp3) is 0.500. The molecule has 19 heavy (non-hydrogen) atoms. The van der Waals surface area contributed by atoms with Gasteiger partial charge in [0.1, 0.15) is 11.5 Å². The van der Waals surface area contributed by atoms with E-state index >= 15 is 0 Å². The second-order valence-electron chi connectivity index (χ2n) is 4.15. The Bertz CT molecular complexity index is 408. The largest absolute Gasteiger partial charge is 0.497 e. The molecule has 0 saturated heterocycles. The fourth-order valence-electron chi connectivity index (χ4n) is 1.53. The van der Waals surface area contributed by atoms with Gasteiger partial charge in [-0.2, -0.15) is 0 Å². The maximum Gasteiger partial charge on any atom is 0.225 e. The number of carbonyl (C=O) groups excluding carboxylic acids is 1. The van der Waals surface area contributed by atoms with Crippen LogP contribution in [0, 0.1) is 0 Å². The molecule has 0 atom stereocenters. The minimum Gasteiger partial charge on any atom is -0.497 e. The van der Waals surface area contributed by atoms with Gasteiger partial charge in [0.05, 0.1) is 19.4 Å². The van der Waals surface area contributed by atoms with Gasteiger partial charge in [-0.05, 0) is 18.6 Å². The van der Waals surface area contributed by atoms with Crippen LogP contribution >= 0.6 is 0 Å². The van der Waals surface area contributed by atoms with Gasteiger partial charge in [0, 0.05) is 19.0 Å².